The highest BCUT2D eigenvalue weighted by molar-refractivity contribution is 6.28. The van der Waals surface area contributed by atoms with Crippen LogP contribution in [0.3, 0.4) is 0 Å². The molecule has 1 aromatic heterocycles. The number of benzene rings is 8. The standard InChI is InChI=1S/C56H42N4/c1-57-51-29-15-26-47-55-46-33-31-42(60(40-22-7-4-8-23-40)50-28-14-19-38-17-10-12-25-44(38)50)35-53(46)58(2)54(55)36-48(56(47)51)45-32-30-41(34-52(45)57)59(39-20-5-3-6-21-39)49-27-13-18-37-16-9-11-24-43(37)49/h3-17,19-37H,18H2,1-2H3. The fraction of sp³-hybridized carbons (Fsp3) is 0.0714. The smallest absolute Gasteiger partial charge is 0.0540 e. The molecule has 12 rings (SSSR count). The first-order chi connectivity index (χ1) is 29.6. The molecule has 3 aliphatic rings. The second kappa shape index (κ2) is 13.5. The summed E-state index contributed by atoms with van der Waals surface area (Å²) >= 11 is 0. The Kier molecular flexibility index (Phi) is 7.76. The summed E-state index contributed by atoms with van der Waals surface area (Å²) in [7, 11) is 4.46. The van der Waals surface area contributed by atoms with E-state index < -0.39 is 0 Å². The van der Waals surface area contributed by atoms with Crippen LogP contribution in [0.1, 0.15) is 6.42 Å². The number of anilines is 7. The molecule has 0 spiro atoms. The summed E-state index contributed by atoms with van der Waals surface area (Å²) in [6.45, 7) is 0. The van der Waals surface area contributed by atoms with Crippen molar-refractivity contribution in [3.8, 4) is 11.1 Å². The summed E-state index contributed by atoms with van der Waals surface area (Å²) in [6, 6.07) is 60.2. The Hall–Kier alpha value is -7.56. The molecule has 0 amide bonds. The van der Waals surface area contributed by atoms with E-state index in [1.807, 2.05) is 0 Å². The molecule has 1 atom stereocenters. The Bertz CT molecular complexity index is 3320. The molecule has 2 aliphatic carbocycles. The van der Waals surface area contributed by atoms with Gasteiger partial charge in [-0.2, -0.15) is 0 Å². The third-order valence-electron chi connectivity index (χ3n) is 13.0. The lowest BCUT2D eigenvalue weighted by molar-refractivity contribution is 0.763. The number of nitrogens with zero attached hydrogens (tertiary/aromatic N) is 4. The van der Waals surface area contributed by atoms with Crippen LogP contribution in [0.15, 0.2) is 212 Å². The quantitative estimate of drug-likeness (QED) is 0.167. The summed E-state index contributed by atoms with van der Waals surface area (Å²) in [5, 5.41) is 7.58. The van der Waals surface area contributed by atoms with Gasteiger partial charge in [0.05, 0.1) is 22.4 Å². The van der Waals surface area contributed by atoms with Gasteiger partial charge in [-0.1, -0.05) is 127 Å². The molecular weight excluding hydrogens is 729 g/mol. The zero-order valence-corrected chi connectivity index (χ0v) is 33.6. The molecule has 0 bridgehead atoms. The lowest BCUT2D eigenvalue weighted by Crippen LogP contribution is -2.22. The number of aryl methyl sites for hydroxylation is 1. The first kappa shape index (κ1) is 34.5. The van der Waals surface area contributed by atoms with Crippen LogP contribution < -0.4 is 14.7 Å². The maximum absolute atomic E-state index is 2.44. The number of allylic oxidation sites excluding steroid dienone is 7. The van der Waals surface area contributed by atoms with Crippen molar-refractivity contribution in [3.63, 3.8) is 0 Å². The summed E-state index contributed by atoms with van der Waals surface area (Å²) in [4.78, 5) is 7.24. The number of para-hydroxylation sites is 2. The van der Waals surface area contributed by atoms with Crippen molar-refractivity contribution in [1.29, 1.82) is 0 Å². The van der Waals surface area contributed by atoms with Crippen LogP contribution in [0.25, 0.3) is 54.5 Å². The van der Waals surface area contributed by atoms with Gasteiger partial charge in [0.2, 0.25) is 0 Å². The Labute approximate surface area is 350 Å². The molecule has 8 aromatic carbocycles. The van der Waals surface area contributed by atoms with Gasteiger partial charge >= 0.3 is 0 Å². The Balaban J connectivity index is 1.04. The van der Waals surface area contributed by atoms with Crippen molar-refractivity contribution in [1.82, 2.24) is 4.57 Å². The van der Waals surface area contributed by atoms with E-state index >= 15 is 0 Å². The summed E-state index contributed by atoms with van der Waals surface area (Å²) in [6.07, 6.45) is 14.6. The minimum atomic E-state index is 0.380. The van der Waals surface area contributed by atoms with Gasteiger partial charge < -0.3 is 19.3 Å². The zero-order valence-electron chi connectivity index (χ0n) is 33.6. The normalized spacial score (nSPS) is 15.3. The molecule has 286 valence electrons. The van der Waals surface area contributed by atoms with E-state index in [9.17, 15) is 0 Å². The second-order valence-electron chi connectivity index (χ2n) is 16.2. The monoisotopic (exact) mass is 770 g/mol. The van der Waals surface area contributed by atoms with E-state index in [4.69, 9.17) is 0 Å². The van der Waals surface area contributed by atoms with Gasteiger partial charge in [0, 0.05) is 81.3 Å². The highest BCUT2D eigenvalue weighted by Crippen LogP contribution is 2.52. The number of hydrogen-bond acceptors (Lipinski definition) is 3. The number of hydrogen-bond donors (Lipinski definition) is 0. The fourth-order valence-corrected chi connectivity index (χ4v) is 10.2. The average Bonchev–Trinajstić information content (AvgIpc) is 3.59. The molecule has 1 aliphatic heterocycles. The summed E-state index contributed by atoms with van der Waals surface area (Å²) in [5.41, 5.74) is 15.7. The Morgan fingerprint density at radius 2 is 1.22 bits per heavy atom. The van der Waals surface area contributed by atoms with Crippen LogP contribution in [-0.2, 0) is 7.05 Å². The maximum Gasteiger partial charge on any atom is 0.0540 e. The molecule has 1 unspecified atom stereocenters. The average molecular weight is 771 g/mol. The largest absolute Gasteiger partial charge is 0.344 e. The van der Waals surface area contributed by atoms with Crippen LogP contribution in [0.2, 0.25) is 0 Å². The molecular formula is C56H42N4. The predicted molar refractivity (Wildman–Crippen MR) is 255 cm³/mol. The second-order valence-corrected chi connectivity index (χ2v) is 16.2. The minimum Gasteiger partial charge on any atom is -0.344 e. The summed E-state index contributed by atoms with van der Waals surface area (Å²) < 4.78 is 2.40. The van der Waals surface area contributed by atoms with E-state index in [1.54, 1.807) is 0 Å². The molecule has 2 heterocycles. The van der Waals surface area contributed by atoms with E-state index in [0.717, 1.165) is 34.9 Å². The Morgan fingerprint density at radius 3 is 2.07 bits per heavy atom. The maximum atomic E-state index is 2.44. The molecule has 4 nitrogen and oxygen atoms in total. The molecule has 0 saturated carbocycles. The van der Waals surface area contributed by atoms with Crippen molar-refractivity contribution in [2.45, 2.75) is 6.42 Å². The Morgan fingerprint density at radius 1 is 0.500 bits per heavy atom. The first-order valence-electron chi connectivity index (χ1n) is 20.9. The van der Waals surface area contributed by atoms with Crippen molar-refractivity contribution < 1.29 is 0 Å². The molecule has 9 aromatic rings. The van der Waals surface area contributed by atoms with E-state index in [2.05, 4.69) is 234 Å². The van der Waals surface area contributed by atoms with Crippen LogP contribution >= 0.6 is 0 Å². The SMILES string of the molecule is CN1c2cc(N(C3=C4C=CC=CC4CC=C3)c3ccccc3)ccc2-c2cc3c(c4cccc1c24)c1ccc(N(c2ccccc2)c2cccc4ccccc24)cc1n3C. The van der Waals surface area contributed by atoms with E-state index in [1.165, 1.54) is 77.1 Å². The lowest BCUT2D eigenvalue weighted by atomic mass is 9.85. The van der Waals surface area contributed by atoms with Gasteiger partial charge in [-0.05, 0) is 101 Å². The van der Waals surface area contributed by atoms with Gasteiger partial charge in [0.15, 0.2) is 0 Å². The van der Waals surface area contributed by atoms with Gasteiger partial charge in [0.25, 0.3) is 0 Å². The van der Waals surface area contributed by atoms with Crippen molar-refractivity contribution in [3.05, 3.63) is 212 Å². The number of aromatic nitrogens is 1. The van der Waals surface area contributed by atoms with Crippen LogP contribution in [0.5, 0.6) is 0 Å². The van der Waals surface area contributed by atoms with Gasteiger partial charge in [-0.25, -0.2) is 0 Å². The lowest BCUT2D eigenvalue weighted by Gasteiger charge is -2.35. The number of fused-ring (bicyclic) bond motifs is 8. The van der Waals surface area contributed by atoms with Crippen LogP contribution in [-0.4, -0.2) is 11.6 Å². The van der Waals surface area contributed by atoms with E-state index in [-0.39, 0.29) is 0 Å². The van der Waals surface area contributed by atoms with Gasteiger partial charge in [-0.3, -0.25) is 0 Å². The fourth-order valence-electron chi connectivity index (χ4n) is 10.2. The zero-order chi connectivity index (χ0) is 39.9. The van der Waals surface area contributed by atoms with E-state index in [0.29, 0.717) is 5.92 Å². The molecule has 0 saturated heterocycles. The van der Waals surface area contributed by atoms with Crippen molar-refractivity contribution in [2.75, 3.05) is 21.7 Å². The summed E-state index contributed by atoms with van der Waals surface area (Å²) in [5.74, 6) is 0.380. The minimum absolute atomic E-state index is 0.380. The third kappa shape index (κ3) is 5.17. The molecule has 0 N–H and O–H groups in total. The highest BCUT2D eigenvalue weighted by Gasteiger charge is 2.29. The van der Waals surface area contributed by atoms with Crippen LogP contribution in [0, 0.1) is 5.92 Å². The topological polar surface area (TPSA) is 14.7 Å². The number of rotatable bonds is 6. The highest BCUT2D eigenvalue weighted by atomic mass is 15.2. The van der Waals surface area contributed by atoms with Gasteiger partial charge in [0.1, 0.15) is 0 Å². The predicted octanol–water partition coefficient (Wildman–Crippen LogP) is 15.0. The molecule has 0 fully saturated rings. The molecule has 4 heteroatoms. The van der Waals surface area contributed by atoms with Crippen molar-refractivity contribution in [2.24, 2.45) is 13.0 Å². The first-order valence-corrected chi connectivity index (χ1v) is 20.9. The third-order valence-corrected chi connectivity index (χ3v) is 13.0. The molecule has 60 heavy (non-hydrogen) atoms. The van der Waals surface area contributed by atoms with Crippen LogP contribution in [0.4, 0.5) is 39.8 Å². The van der Waals surface area contributed by atoms with Crippen molar-refractivity contribution >= 4 is 83.2 Å². The van der Waals surface area contributed by atoms with Gasteiger partial charge in [-0.15, -0.1) is 0 Å². The molecule has 0 radical (unpaired) electrons.